The maximum Gasteiger partial charge on any atom is 0.220 e. The maximum absolute atomic E-state index is 13.7. The van der Waals surface area contributed by atoms with Crippen LogP contribution in [-0.2, 0) is 6.54 Å². The van der Waals surface area contributed by atoms with Crippen molar-refractivity contribution in [1.29, 1.82) is 0 Å². The van der Waals surface area contributed by atoms with Gasteiger partial charge in [-0.3, -0.25) is 0 Å². The van der Waals surface area contributed by atoms with Crippen molar-refractivity contribution in [2.45, 2.75) is 26.1 Å². The zero-order valence-corrected chi connectivity index (χ0v) is 10.7. The van der Waals surface area contributed by atoms with E-state index in [4.69, 9.17) is 11.5 Å². The smallest absolute Gasteiger partial charge is 0.220 e. The summed E-state index contributed by atoms with van der Waals surface area (Å²) in [7, 11) is 0. The van der Waals surface area contributed by atoms with Crippen LogP contribution in [0, 0.1) is 11.6 Å². The average Bonchev–Trinajstić information content (AvgIpc) is 2.25. The van der Waals surface area contributed by atoms with E-state index >= 15 is 0 Å². The first kappa shape index (κ1) is 13.3. The normalized spacial score (nSPS) is 18.0. The van der Waals surface area contributed by atoms with Crippen LogP contribution in [0.5, 0.6) is 0 Å². The minimum atomic E-state index is -0.815. The first-order chi connectivity index (χ1) is 8.81. The minimum Gasteiger partial charge on any atom is -0.369 e. The Bertz CT molecular complexity index is 545. The molecule has 0 unspecified atom stereocenters. The summed E-state index contributed by atoms with van der Waals surface area (Å²) in [5.74, 6) is -1.13. The Balaban J connectivity index is 2.36. The van der Waals surface area contributed by atoms with Gasteiger partial charge in [-0.05, 0) is 26.0 Å². The second kappa shape index (κ2) is 4.49. The van der Waals surface area contributed by atoms with E-state index in [0.717, 1.165) is 0 Å². The molecule has 0 saturated heterocycles. The van der Waals surface area contributed by atoms with Crippen LogP contribution >= 0.6 is 0 Å². The van der Waals surface area contributed by atoms with Crippen molar-refractivity contribution in [3.8, 4) is 0 Å². The molecule has 4 N–H and O–H groups in total. The maximum atomic E-state index is 13.7. The van der Waals surface area contributed by atoms with Crippen LogP contribution in [0.3, 0.4) is 0 Å². The topological polar surface area (TPSA) is 80.0 Å². The molecule has 1 aromatic carbocycles. The van der Waals surface area contributed by atoms with Crippen molar-refractivity contribution >= 4 is 11.9 Å². The van der Waals surface area contributed by atoms with Crippen LogP contribution in [0.2, 0.25) is 0 Å². The van der Waals surface area contributed by atoms with Gasteiger partial charge in [0.1, 0.15) is 17.3 Å². The van der Waals surface area contributed by atoms with E-state index in [1.165, 1.54) is 23.1 Å². The lowest BCUT2D eigenvalue weighted by Crippen LogP contribution is -2.53. The summed E-state index contributed by atoms with van der Waals surface area (Å²) in [5, 5.41) is 0. The molecular formula is C12H15F2N5. The van der Waals surface area contributed by atoms with Crippen LogP contribution in [0.25, 0.3) is 0 Å². The van der Waals surface area contributed by atoms with Crippen LogP contribution < -0.4 is 11.5 Å². The van der Waals surface area contributed by atoms with Crippen molar-refractivity contribution in [3.05, 3.63) is 35.4 Å². The molecule has 7 heteroatoms. The molecule has 0 amide bonds. The van der Waals surface area contributed by atoms with E-state index in [0.29, 0.717) is 0 Å². The van der Waals surface area contributed by atoms with Gasteiger partial charge in [-0.25, -0.2) is 13.8 Å². The molecule has 0 bridgehead atoms. The summed E-state index contributed by atoms with van der Waals surface area (Å²) in [6.07, 6.45) is 0. The van der Waals surface area contributed by atoms with Gasteiger partial charge in [-0.2, -0.15) is 4.99 Å². The molecule has 0 atom stereocenters. The molecule has 5 nitrogen and oxygen atoms in total. The van der Waals surface area contributed by atoms with Gasteiger partial charge in [0.25, 0.3) is 0 Å². The van der Waals surface area contributed by atoms with Crippen molar-refractivity contribution in [2.75, 3.05) is 0 Å². The molecule has 1 aliphatic rings. The minimum absolute atomic E-state index is 0.0488. The van der Waals surface area contributed by atoms with Crippen molar-refractivity contribution in [3.63, 3.8) is 0 Å². The highest BCUT2D eigenvalue weighted by Crippen LogP contribution is 2.24. The molecule has 1 aliphatic heterocycles. The van der Waals surface area contributed by atoms with Gasteiger partial charge in [0.15, 0.2) is 0 Å². The SMILES string of the molecule is CC1(C)N=C(N)N=C(N)N1Cc1c(F)cccc1F. The zero-order chi connectivity index (χ0) is 14.2. The third-order valence-corrected chi connectivity index (χ3v) is 2.93. The van der Waals surface area contributed by atoms with Crippen molar-refractivity contribution in [1.82, 2.24) is 4.90 Å². The molecule has 1 heterocycles. The number of benzene rings is 1. The lowest BCUT2D eigenvalue weighted by molar-refractivity contribution is 0.205. The largest absolute Gasteiger partial charge is 0.369 e. The number of nitrogens with two attached hydrogens (primary N) is 2. The summed E-state index contributed by atoms with van der Waals surface area (Å²) in [4.78, 5) is 9.42. The lowest BCUT2D eigenvalue weighted by Gasteiger charge is -2.38. The molecule has 102 valence electrons. The fraction of sp³-hybridized carbons (Fsp3) is 0.333. The number of rotatable bonds is 2. The molecule has 0 radical (unpaired) electrons. The van der Waals surface area contributed by atoms with Gasteiger partial charge in [-0.1, -0.05) is 6.07 Å². The fourth-order valence-corrected chi connectivity index (χ4v) is 1.94. The van der Waals surface area contributed by atoms with E-state index in [1.54, 1.807) is 13.8 Å². The summed E-state index contributed by atoms with van der Waals surface area (Å²) in [5.41, 5.74) is 10.4. The number of nitrogens with zero attached hydrogens (tertiary/aromatic N) is 3. The summed E-state index contributed by atoms with van der Waals surface area (Å²) in [6.45, 7) is 3.40. The zero-order valence-electron chi connectivity index (χ0n) is 10.7. The molecule has 0 spiro atoms. The number of hydrogen-bond donors (Lipinski definition) is 2. The van der Waals surface area contributed by atoms with Gasteiger partial charge >= 0.3 is 0 Å². The lowest BCUT2D eigenvalue weighted by atomic mass is 10.1. The predicted molar refractivity (Wildman–Crippen MR) is 69.2 cm³/mol. The summed E-state index contributed by atoms with van der Waals surface area (Å²) < 4.78 is 27.3. The molecule has 1 aromatic rings. The first-order valence-corrected chi connectivity index (χ1v) is 5.71. The Morgan fingerprint density at radius 3 is 2.32 bits per heavy atom. The van der Waals surface area contributed by atoms with E-state index in [2.05, 4.69) is 9.98 Å². The van der Waals surface area contributed by atoms with Gasteiger partial charge in [0, 0.05) is 5.56 Å². The highest BCUT2D eigenvalue weighted by molar-refractivity contribution is 5.95. The number of hydrogen-bond acceptors (Lipinski definition) is 5. The first-order valence-electron chi connectivity index (χ1n) is 5.71. The fourth-order valence-electron chi connectivity index (χ4n) is 1.94. The monoisotopic (exact) mass is 267 g/mol. The Morgan fingerprint density at radius 1 is 1.21 bits per heavy atom. The molecule has 0 fully saturated rings. The summed E-state index contributed by atoms with van der Waals surface area (Å²) >= 11 is 0. The van der Waals surface area contributed by atoms with Crippen LogP contribution in [-0.4, -0.2) is 22.5 Å². The highest BCUT2D eigenvalue weighted by atomic mass is 19.1. The Labute approximate surface area is 109 Å². The predicted octanol–water partition coefficient (Wildman–Crippen LogP) is 1.15. The third kappa shape index (κ3) is 2.49. The number of halogens is 2. The van der Waals surface area contributed by atoms with Crippen LogP contribution in [0.4, 0.5) is 8.78 Å². The van der Waals surface area contributed by atoms with E-state index in [1.807, 2.05) is 0 Å². The summed E-state index contributed by atoms with van der Waals surface area (Å²) in [6, 6.07) is 3.70. The average molecular weight is 267 g/mol. The molecule has 0 aliphatic carbocycles. The van der Waals surface area contributed by atoms with Crippen LogP contribution in [0.15, 0.2) is 28.2 Å². The highest BCUT2D eigenvalue weighted by Gasteiger charge is 2.32. The Kier molecular flexibility index (Phi) is 3.13. The van der Waals surface area contributed by atoms with E-state index in [-0.39, 0.29) is 24.0 Å². The second-order valence-corrected chi connectivity index (χ2v) is 4.72. The van der Waals surface area contributed by atoms with Gasteiger partial charge < -0.3 is 16.4 Å². The van der Waals surface area contributed by atoms with Crippen molar-refractivity contribution < 1.29 is 8.78 Å². The molecule has 2 rings (SSSR count). The van der Waals surface area contributed by atoms with E-state index < -0.39 is 17.3 Å². The molecule has 0 saturated carbocycles. The Morgan fingerprint density at radius 2 is 1.79 bits per heavy atom. The number of aliphatic imine (C=N–C) groups is 2. The van der Waals surface area contributed by atoms with Gasteiger partial charge in [0.2, 0.25) is 11.9 Å². The molecule has 19 heavy (non-hydrogen) atoms. The van der Waals surface area contributed by atoms with Crippen LogP contribution in [0.1, 0.15) is 19.4 Å². The molecule has 0 aromatic heterocycles. The van der Waals surface area contributed by atoms with Crippen molar-refractivity contribution in [2.24, 2.45) is 21.5 Å². The second-order valence-electron chi connectivity index (χ2n) is 4.72. The molecular weight excluding hydrogens is 252 g/mol. The van der Waals surface area contributed by atoms with E-state index in [9.17, 15) is 8.78 Å². The number of guanidine groups is 2. The quantitative estimate of drug-likeness (QED) is 0.843. The van der Waals surface area contributed by atoms with Gasteiger partial charge in [-0.15, -0.1) is 0 Å². The van der Waals surface area contributed by atoms with Gasteiger partial charge in [0.05, 0.1) is 6.54 Å². The Hall–Kier alpha value is -2.18. The standard InChI is InChI=1S/C12H15F2N5/c1-12(2)18-10(15)17-11(16)19(12)6-7-8(13)4-3-5-9(7)14/h3-5H,6H2,1-2H3,(H4,15,16,17,18). The third-order valence-electron chi connectivity index (χ3n) is 2.93.